The normalized spacial score (nSPS) is 14.0. The zero-order valence-electron chi connectivity index (χ0n) is 11.6. The summed E-state index contributed by atoms with van der Waals surface area (Å²) in [5, 5.41) is 0. The van der Waals surface area contributed by atoms with Crippen molar-refractivity contribution in [3.05, 3.63) is 17.7 Å². The van der Waals surface area contributed by atoms with E-state index in [1.165, 1.54) is 17.8 Å². The first-order valence-corrected chi connectivity index (χ1v) is 9.24. The first-order valence-electron chi connectivity index (χ1n) is 6.60. The summed E-state index contributed by atoms with van der Waals surface area (Å²) in [6.07, 6.45) is 6.79. The summed E-state index contributed by atoms with van der Waals surface area (Å²) in [6, 6.07) is 3.22. The van der Waals surface area contributed by atoms with Crippen molar-refractivity contribution >= 4 is 27.5 Å². The fourth-order valence-corrected chi connectivity index (χ4v) is 4.02. The molecule has 1 aliphatic rings. The molecule has 7 heteroatoms. The number of anilines is 1. The van der Waals surface area contributed by atoms with Crippen molar-refractivity contribution in [1.82, 2.24) is 4.72 Å². The first kappa shape index (κ1) is 16.0. The lowest BCUT2D eigenvalue weighted by atomic mass is 10.1. The van der Waals surface area contributed by atoms with E-state index in [0.717, 1.165) is 18.4 Å². The summed E-state index contributed by atoms with van der Waals surface area (Å²) in [5.41, 5.74) is 7.08. The zero-order chi connectivity index (χ0) is 15.3. The molecule has 0 amide bonds. The van der Waals surface area contributed by atoms with E-state index in [0.29, 0.717) is 36.1 Å². The Morgan fingerprint density at radius 3 is 3.05 bits per heavy atom. The van der Waals surface area contributed by atoms with Gasteiger partial charge in [0.15, 0.2) is 0 Å². The lowest BCUT2D eigenvalue weighted by Crippen LogP contribution is -2.27. The maximum atomic E-state index is 12.4. The Hall–Kier alpha value is -1.36. The number of fused-ring (bicyclic) bond motifs is 1. The van der Waals surface area contributed by atoms with Gasteiger partial charge in [-0.15, -0.1) is 18.2 Å². The van der Waals surface area contributed by atoms with Gasteiger partial charge in [-0.05, 0) is 30.5 Å². The Labute approximate surface area is 129 Å². The molecule has 1 aromatic rings. The van der Waals surface area contributed by atoms with Crippen LogP contribution in [0.3, 0.4) is 0 Å². The minimum atomic E-state index is -3.63. The molecule has 0 fully saturated rings. The van der Waals surface area contributed by atoms with Gasteiger partial charge in [0, 0.05) is 18.0 Å². The SMILES string of the molecule is C#CCSCCNS(=O)(=O)c1cc(N)cc2c1OCCC2. The van der Waals surface area contributed by atoms with Crippen LogP contribution in [-0.4, -0.2) is 33.1 Å². The number of nitrogens with one attached hydrogen (secondary N) is 1. The molecule has 0 unspecified atom stereocenters. The molecule has 0 spiro atoms. The van der Waals surface area contributed by atoms with Crippen LogP contribution in [-0.2, 0) is 16.4 Å². The molecule has 0 bridgehead atoms. The van der Waals surface area contributed by atoms with Crippen LogP contribution in [0.4, 0.5) is 5.69 Å². The Bertz CT molecular complexity index is 651. The second-order valence-corrected chi connectivity index (χ2v) is 7.45. The van der Waals surface area contributed by atoms with E-state index >= 15 is 0 Å². The van der Waals surface area contributed by atoms with Crippen LogP contribution in [0.15, 0.2) is 17.0 Å². The van der Waals surface area contributed by atoms with E-state index in [4.69, 9.17) is 16.9 Å². The molecule has 0 atom stereocenters. The number of thioether (sulfide) groups is 1. The standard InChI is InChI=1S/C14H18N2O3S2/c1-2-7-20-8-5-16-21(17,18)13-10-12(15)9-11-4-3-6-19-14(11)13/h1,9-10,16H,3-8,15H2. The van der Waals surface area contributed by atoms with Gasteiger partial charge in [0.2, 0.25) is 10.0 Å². The number of nitrogen functional groups attached to an aromatic ring is 1. The lowest BCUT2D eigenvalue weighted by Gasteiger charge is -2.21. The van der Waals surface area contributed by atoms with Gasteiger partial charge in [0.05, 0.1) is 12.4 Å². The maximum absolute atomic E-state index is 12.4. The highest BCUT2D eigenvalue weighted by Gasteiger charge is 2.24. The molecule has 3 N–H and O–H groups in total. The Kier molecular flexibility index (Phi) is 5.39. The second kappa shape index (κ2) is 7.07. The number of aryl methyl sites for hydroxylation is 1. The molecule has 2 rings (SSSR count). The average Bonchev–Trinajstić information content (AvgIpc) is 2.46. The van der Waals surface area contributed by atoms with E-state index in [2.05, 4.69) is 10.6 Å². The Balaban J connectivity index is 2.16. The topological polar surface area (TPSA) is 81.4 Å². The number of ether oxygens (including phenoxy) is 1. The fourth-order valence-electron chi connectivity index (χ4n) is 2.13. The number of sulfonamides is 1. The number of benzene rings is 1. The minimum Gasteiger partial charge on any atom is -0.492 e. The molecule has 0 aromatic heterocycles. The zero-order valence-corrected chi connectivity index (χ0v) is 13.2. The van der Waals surface area contributed by atoms with E-state index in [-0.39, 0.29) is 4.90 Å². The molecular formula is C14H18N2O3S2. The molecule has 21 heavy (non-hydrogen) atoms. The molecule has 114 valence electrons. The van der Waals surface area contributed by atoms with Crippen LogP contribution in [0.1, 0.15) is 12.0 Å². The fraction of sp³-hybridized carbons (Fsp3) is 0.429. The Morgan fingerprint density at radius 2 is 2.29 bits per heavy atom. The smallest absolute Gasteiger partial charge is 0.244 e. The van der Waals surface area contributed by atoms with Gasteiger partial charge < -0.3 is 10.5 Å². The van der Waals surface area contributed by atoms with E-state index in [9.17, 15) is 8.42 Å². The largest absolute Gasteiger partial charge is 0.492 e. The van der Waals surface area contributed by atoms with Gasteiger partial charge >= 0.3 is 0 Å². The highest BCUT2D eigenvalue weighted by molar-refractivity contribution is 7.99. The molecular weight excluding hydrogens is 308 g/mol. The van der Waals surface area contributed by atoms with Crippen molar-refractivity contribution in [3.8, 4) is 18.1 Å². The molecule has 0 aliphatic carbocycles. The number of terminal acetylenes is 1. The Morgan fingerprint density at radius 1 is 1.48 bits per heavy atom. The van der Waals surface area contributed by atoms with Gasteiger partial charge in [0.1, 0.15) is 10.6 Å². The summed E-state index contributed by atoms with van der Waals surface area (Å²) in [7, 11) is -3.63. The molecule has 0 radical (unpaired) electrons. The molecule has 0 saturated heterocycles. The number of rotatable bonds is 6. The molecule has 1 heterocycles. The van der Waals surface area contributed by atoms with Gasteiger partial charge in [-0.25, -0.2) is 13.1 Å². The van der Waals surface area contributed by atoms with Crippen LogP contribution in [0, 0.1) is 12.3 Å². The quantitative estimate of drug-likeness (QED) is 0.467. The summed E-state index contributed by atoms with van der Waals surface area (Å²) in [6.45, 7) is 0.843. The average molecular weight is 326 g/mol. The van der Waals surface area contributed by atoms with Crippen molar-refractivity contribution in [3.63, 3.8) is 0 Å². The van der Waals surface area contributed by atoms with Crippen molar-refractivity contribution in [2.75, 3.05) is 30.4 Å². The van der Waals surface area contributed by atoms with Crippen molar-refractivity contribution in [2.24, 2.45) is 0 Å². The third-order valence-electron chi connectivity index (χ3n) is 3.00. The number of nitrogens with two attached hydrogens (primary N) is 1. The third-order valence-corrected chi connectivity index (χ3v) is 5.33. The molecule has 1 aromatic carbocycles. The summed E-state index contributed by atoms with van der Waals surface area (Å²) in [4.78, 5) is 0.124. The molecule has 5 nitrogen and oxygen atoms in total. The summed E-state index contributed by atoms with van der Waals surface area (Å²) >= 11 is 1.50. The molecule has 0 saturated carbocycles. The van der Waals surface area contributed by atoms with Gasteiger partial charge in [-0.1, -0.05) is 5.92 Å². The van der Waals surface area contributed by atoms with Gasteiger partial charge in [-0.2, -0.15) is 0 Å². The first-order chi connectivity index (χ1) is 10.0. The second-order valence-electron chi connectivity index (χ2n) is 4.61. The summed E-state index contributed by atoms with van der Waals surface area (Å²) < 4.78 is 32.9. The van der Waals surface area contributed by atoms with Crippen molar-refractivity contribution in [2.45, 2.75) is 17.7 Å². The number of hydrogen-bond acceptors (Lipinski definition) is 5. The minimum absolute atomic E-state index is 0.124. The van der Waals surface area contributed by atoms with Crippen LogP contribution >= 0.6 is 11.8 Å². The van der Waals surface area contributed by atoms with Crippen LogP contribution < -0.4 is 15.2 Å². The highest BCUT2D eigenvalue weighted by atomic mass is 32.2. The maximum Gasteiger partial charge on any atom is 0.244 e. The van der Waals surface area contributed by atoms with Crippen LogP contribution in [0.2, 0.25) is 0 Å². The van der Waals surface area contributed by atoms with Crippen LogP contribution in [0.25, 0.3) is 0 Å². The van der Waals surface area contributed by atoms with E-state index in [1.807, 2.05) is 0 Å². The highest BCUT2D eigenvalue weighted by Crippen LogP contribution is 2.34. The monoisotopic (exact) mass is 326 g/mol. The van der Waals surface area contributed by atoms with Gasteiger partial charge in [0.25, 0.3) is 0 Å². The van der Waals surface area contributed by atoms with E-state index in [1.54, 1.807) is 6.07 Å². The van der Waals surface area contributed by atoms with Crippen molar-refractivity contribution in [1.29, 1.82) is 0 Å². The van der Waals surface area contributed by atoms with E-state index < -0.39 is 10.0 Å². The predicted molar refractivity (Wildman–Crippen MR) is 86.0 cm³/mol. The number of hydrogen-bond donors (Lipinski definition) is 2. The van der Waals surface area contributed by atoms with Crippen molar-refractivity contribution < 1.29 is 13.2 Å². The molecule has 1 aliphatic heterocycles. The van der Waals surface area contributed by atoms with Gasteiger partial charge in [-0.3, -0.25) is 0 Å². The summed E-state index contributed by atoms with van der Waals surface area (Å²) in [5.74, 6) is 4.11. The van der Waals surface area contributed by atoms with Crippen LogP contribution in [0.5, 0.6) is 5.75 Å². The predicted octanol–water partition coefficient (Wildman–Crippen LogP) is 1.24. The third kappa shape index (κ3) is 4.06. The lowest BCUT2D eigenvalue weighted by molar-refractivity contribution is 0.280.